The lowest BCUT2D eigenvalue weighted by Gasteiger charge is -2.38. The van der Waals surface area contributed by atoms with Gasteiger partial charge in [0.05, 0.1) is 18.7 Å². The first-order chi connectivity index (χ1) is 12.5. The van der Waals surface area contributed by atoms with E-state index in [-0.39, 0.29) is 11.8 Å². The Hall–Kier alpha value is -2.38. The summed E-state index contributed by atoms with van der Waals surface area (Å²) in [4.78, 5) is 41.4. The van der Waals surface area contributed by atoms with E-state index < -0.39 is 0 Å². The van der Waals surface area contributed by atoms with Gasteiger partial charge in [-0.2, -0.15) is 0 Å². The standard InChI is InChI=1S/C18H26N6O2/c1-13(25)22-6-8-23(9-7-22)18-15-10-24(14-4-3-5-14)16(26)11-21(2)17(15)19-12-20-18/h12,14H,3-11H2,1-2H3. The molecule has 8 heteroatoms. The van der Waals surface area contributed by atoms with Gasteiger partial charge in [0.15, 0.2) is 0 Å². The SMILES string of the molecule is CC(=O)N1CCN(c2ncnc3c2CN(C2CCC2)C(=O)CN3C)CC1. The van der Waals surface area contributed by atoms with Crippen molar-refractivity contribution in [1.29, 1.82) is 0 Å². The monoisotopic (exact) mass is 358 g/mol. The van der Waals surface area contributed by atoms with Crippen molar-refractivity contribution < 1.29 is 9.59 Å². The maximum Gasteiger partial charge on any atom is 0.242 e. The Balaban J connectivity index is 1.63. The average Bonchev–Trinajstić information content (AvgIpc) is 2.71. The molecule has 140 valence electrons. The van der Waals surface area contributed by atoms with Gasteiger partial charge in [-0.1, -0.05) is 0 Å². The highest BCUT2D eigenvalue weighted by Crippen LogP contribution is 2.34. The van der Waals surface area contributed by atoms with Gasteiger partial charge in [0.2, 0.25) is 11.8 Å². The van der Waals surface area contributed by atoms with Crippen LogP contribution in [-0.2, 0) is 16.1 Å². The third-order valence-electron chi connectivity index (χ3n) is 5.82. The second kappa shape index (κ2) is 6.74. The molecule has 0 N–H and O–H groups in total. The van der Waals surface area contributed by atoms with Crippen molar-refractivity contribution in [3.63, 3.8) is 0 Å². The summed E-state index contributed by atoms with van der Waals surface area (Å²) in [6, 6.07) is 0.351. The minimum absolute atomic E-state index is 0.118. The van der Waals surface area contributed by atoms with E-state index in [9.17, 15) is 9.59 Å². The summed E-state index contributed by atoms with van der Waals surface area (Å²) in [5.74, 6) is 2.04. The summed E-state index contributed by atoms with van der Waals surface area (Å²) in [5.41, 5.74) is 1.03. The zero-order valence-electron chi connectivity index (χ0n) is 15.5. The number of carbonyl (C=O) groups is 2. The summed E-state index contributed by atoms with van der Waals surface area (Å²) in [6.07, 6.45) is 4.96. The lowest BCUT2D eigenvalue weighted by Crippen LogP contribution is -2.49. The Morgan fingerprint density at radius 3 is 2.38 bits per heavy atom. The van der Waals surface area contributed by atoms with Crippen LogP contribution in [0.5, 0.6) is 0 Å². The molecule has 1 aromatic heterocycles. The van der Waals surface area contributed by atoms with Crippen LogP contribution in [0.25, 0.3) is 0 Å². The topological polar surface area (TPSA) is 72.9 Å². The second-order valence-electron chi connectivity index (χ2n) is 7.45. The summed E-state index contributed by atoms with van der Waals surface area (Å²) in [5, 5.41) is 0. The van der Waals surface area contributed by atoms with Crippen LogP contribution in [0.2, 0.25) is 0 Å². The van der Waals surface area contributed by atoms with Gasteiger partial charge in [0.1, 0.15) is 18.0 Å². The molecule has 0 aromatic carbocycles. The second-order valence-corrected chi connectivity index (χ2v) is 7.45. The third kappa shape index (κ3) is 2.97. The lowest BCUT2D eigenvalue weighted by atomic mass is 9.91. The highest BCUT2D eigenvalue weighted by Gasteiger charge is 2.35. The van der Waals surface area contributed by atoms with Crippen LogP contribution in [0, 0.1) is 0 Å². The van der Waals surface area contributed by atoms with E-state index in [0.29, 0.717) is 32.2 Å². The summed E-state index contributed by atoms with van der Waals surface area (Å²) < 4.78 is 0. The molecule has 2 aliphatic heterocycles. The maximum atomic E-state index is 12.7. The molecule has 1 saturated carbocycles. The van der Waals surface area contributed by atoms with Crippen LogP contribution in [0.1, 0.15) is 31.7 Å². The molecular formula is C18H26N6O2. The van der Waals surface area contributed by atoms with E-state index in [4.69, 9.17) is 0 Å². The number of anilines is 2. The molecule has 1 saturated heterocycles. The number of fused-ring (bicyclic) bond motifs is 1. The first-order valence-electron chi connectivity index (χ1n) is 9.39. The lowest BCUT2D eigenvalue weighted by molar-refractivity contribution is -0.134. The molecule has 3 heterocycles. The predicted molar refractivity (Wildman–Crippen MR) is 98.0 cm³/mol. The van der Waals surface area contributed by atoms with Crippen LogP contribution >= 0.6 is 0 Å². The average molecular weight is 358 g/mol. The Morgan fingerprint density at radius 2 is 1.77 bits per heavy atom. The minimum atomic E-state index is 0.118. The Bertz CT molecular complexity index is 712. The number of hydrogen-bond donors (Lipinski definition) is 0. The van der Waals surface area contributed by atoms with Gasteiger partial charge in [-0.05, 0) is 19.3 Å². The predicted octanol–water partition coefficient (Wildman–Crippen LogP) is 0.476. The number of likely N-dealkylation sites (N-methyl/N-ethyl adjacent to an activating group) is 1. The number of aromatic nitrogens is 2. The molecule has 4 rings (SSSR count). The van der Waals surface area contributed by atoms with Crippen molar-refractivity contribution in [3.8, 4) is 0 Å². The molecule has 8 nitrogen and oxygen atoms in total. The van der Waals surface area contributed by atoms with Gasteiger partial charge in [-0.3, -0.25) is 9.59 Å². The maximum absolute atomic E-state index is 12.7. The molecule has 0 unspecified atom stereocenters. The first-order valence-corrected chi connectivity index (χ1v) is 9.39. The smallest absolute Gasteiger partial charge is 0.242 e. The molecule has 1 aromatic rings. The van der Waals surface area contributed by atoms with E-state index in [2.05, 4.69) is 14.9 Å². The van der Waals surface area contributed by atoms with Crippen molar-refractivity contribution in [3.05, 3.63) is 11.9 Å². The quantitative estimate of drug-likeness (QED) is 0.766. The van der Waals surface area contributed by atoms with Crippen LogP contribution in [0.15, 0.2) is 6.33 Å². The normalized spacial score (nSPS) is 21.4. The third-order valence-corrected chi connectivity index (χ3v) is 5.82. The molecule has 1 aliphatic carbocycles. The fourth-order valence-electron chi connectivity index (χ4n) is 4.03. The highest BCUT2D eigenvalue weighted by molar-refractivity contribution is 5.84. The van der Waals surface area contributed by atoms with E-state index in [0.717, 1.165) is 43.1 Å². The Morgan fingerprint density at radius 1 is 1.08 bits per heavy atom. The van der Waals surface area contributed by atoms with Crippen molar-refractivity contribution in [2.24, 2.45) is 0 Å². The Labute approximate surface area is 153 Å². The van der Waals surface area contributed by atoms with Crippen molar-refractivity contribution in [2.45, 2.75) is 38.8 Å². The minimum Gasteiger partial charge on any atom is -0.353 e. The Kier molecular flexibility index (Phi) is 4.42. The molecule has 0 spiro atoms. The first kappa shape index (κ1) is 17.1. The molecule has 0 radical (unpaired) electrons. The number of amides is 2. The van der Waals surface area contributed by atoms with Crippen LogP contribution in [0.3, 0.4) is 0 Å². The molecule has 0 bridgehead atoms. The van der Waals surface area contributed by atoms with Gasteiger partial charge in [0, 0.05) is 46.2 Å². The summed E-state index contributed by atoms with van der Waals surface area (Å²) in [7, 11) is 1.92. The van der Waals surface area contributed by atoms with Crippen LogP contribution in [-0.4, -0.2) is 77.4 Å². The van der Waals surface area contributed by atoms with E-state index >= 15 is 0 Å². The van der Waals surface area contributed by atoms with E-state index in [1.54, 1.807) is 13.3 Å². The number of carbonyl (C=O) groups excluding carboxylic acids is 2. The molecular weight excluding hydrogens is 332 g/mol. The zero-order valence-corrected chi connectivity index (χ0v) is 15.5. The van der Waals surface area contributed by atoms with Gasteiger partial charge in [0.25, 0.3) is 0 Å². The van der Waals surface area contributed by atoms with Gasteiger partial charge < -0.3 is 19.6 Å². The van der Waals surface area contributed by atoms with Gasteiger partial charge >= 0.3 is 0 Å². The molecule has 2 fully saturated rings. The molecule has 3 aliphatic rings. The summed E-state index contributed by atoms with van der Waals surface area (Å²) in [6.45, 7) is 5.46. The zero-order chi connectivity index (χ0) is 18.3. The van der Waals surface area contributed by atoms with E-state index in [1.165, 1.54) is 6.42 Å². The highest BCUT2D eigenvalue weighted by atomic mass is 16.2. The van der Waals surface area contributed by atoms with Crippen LogP contribution < -0.4 is 9.80 Å². The number of hydrogen-bond acceptors (Lipinski definition) is 6. The largest absolute Gasteiger partial charge is 0.353 e. The van der Waals surface area contributed by atoms with Crippen molar-refractivity contribution in [1.82, 2.24) is 19.8 Å². The fraction of sp³-hybridized carbons (Fsp3) is 0.667. The molecule has 0 atom stereocenters. The van der Waals surface area contributed by atoms with Crippen molar-refractivity contribution >= 4 is 23.5 Å². The van der Waals surface area contributed by atoms with Crippen molar-refractivity contribution in [2.75, 3.05) is 49.6 Å². The summed E-state index contributed by atoms with van der Waals surface area (Å²) >= 11 is 0. The fourth-order valence-corrected chi connectivity index (χ4v) is 4.03. The van der Waals surface area contributed by atoms with Gasteiger partial charge in [-0.25, -0.2) is 9.97 Å². The van der Waals surface area contributed by atoms with Crippen LogP contribution in [0.4, 0.5) is 11.6 Å². The van der Waals surface area contributed by atoms with Gasteiger partial charge in [-0.15, -0.1) is 0 Å². The van der Waals surface area contributed by atoms with E-state index in [1.807, 2.05) is 21.7 Å². The molecule has 2 amide bonds. The number of piperazine rings is 1. The number of rotatable bonds is 2. The number of nitrogens with zero attached hydrogens (tertiary/aromatic N) is 6. The molecule has 26 heavy (non-hydrogen) atoms.